The van der Waals surface area contributed by atoms with E-state index in [-0.39, 0.29) is 0 Å². The molecule has 2 rings (SSSR count). The Balaban J connectivity index is 2.18. The lowest BCUT2D eigenvalue weighted by atomic mass is 9.91. The first-order valence-corrected chi connectivity index (χ1v) is 6.68. The molecule has 1 aliphatic carbocycles. The number of benzene rings is 1. The molecule has 1 aliphatic rings. The fourth-order valence-electron chi connectivity index (χ4n) is 2.00. The van der Waals surface area contributed by atoms with Gasteiger partial charge in [0.05, 0.1) is 0 Å². The normalized spacial score (nSPS) is 19.4. The van der Waals surface area contributed by atoms with E-state index in [4.69, 9.17) is 5.41 Å². The lowest BCUT2D eigenvalue weighted by Crippen LogP contribution is -2.13. The molecule has 80 valence electrons. The summed E-state index contributed by atoms with van der Waals surface area (Å²) in [4.78, 5) is 0. The summed E-state index contributed by atoms with van der Waals surface area (Å²) in [6, 6.07) is 8.57. The minimum absolute atomic E-state index is 0.437. The molecule has 2 nitrogen and oxygen atoms in total. The van der Waals surface area contributed by atoms with E-state index in [1.165, 1.54) is 30.4 Å². The van der Waals surface area contributed by atoms with Crippen molar-refractivity contribution in [1.29, 1.82) is 5.41 Å². The lowest BCUT2D eigenvalue weighted by molar-refractivity contribution is 0.675. The van der Waals surface area contributed by atoms with Crippen LogP contribution in [0.15, 0.2) is 24.3 Å². The SMILES string of the molecule is N=C(NBr)SC1CCCc2ccccc21. The van der Waals surface area contributed by atoms with Gasteiger partial charge in [0.25, 0.3) is 0 Å². The van der Waals surface area contributed by atoms with E-state index in [1.807, 2.05) is 0 Å². The monoisotopic (exact) mass is 284 g/mol. The maximum absolute atomic E-state index is 7.62. The molecule has 0 saturated heterocycles. The predicted molar refractivity (Wildman–Crippen MR) is 69.5 cm³/mol. The van der Waals surface area contributed by atoms with E-state index in [9.17, 15) is 0 Å². The van der Waals surface area contributed by atoms with Crippen LogP contribution in [0.2, 0.25) is 0 Å². The first-order valence-electron chi connectivity index (χ1n) is 5.01. The van der Waals surface area contributed by atoms with E-state index >= 15 is 0 Å². The Bertz CT molecular complexity index is 367. The summed E-state index contributed by atoms with van der Waals surface area (Å²) in [5.74, 6) is 0. The van der Waals surface area contributed by atoms with Crippen LogP contribution in [0.5, 0.6) is 0 Å². The number of aryl methyl sites for hydroxylation is 1. The average molecular weight is 285 g/mol. The number of fused-ring (bicyclic) bond motifs is 1. The van der Waals surface area contributed by atoms with Crippen LogP contribution in [0.1, 0.15) is 29.2 Å². The van der Waals surface area contributed by atoms with Gasteiger partial charge in [-0.25, -0.2) is 0 Å². The van der Waals surface area contributed by atoms with Crippen molar-refractivity contribution in [3.05, 3.63) is 35.4 Å². The molecule has 0 amide bonds. The summed E-state index contributed by atoms with van der Waals surface area (Å²) in [6.07, 6.45) is 3.57. The number of rotatable bonds is 1. The maximum atomic E-state index is 7.62. The summed E-state index contributed by atoms with van der Waals surface area (Å²) in [6.45, 7) is 0. The molecule has 0 radical (unpaired) electrons. The summed E-state index contributed by atoms with van der Waals surface area (Å²) in [5.41, 5.74) is 2.85. The second-order valence-electron chi connectivity index (χ2n) is 3.62. The van der Waals surface area contributed by atoms with Crippen molar-refractivity contribution >= 4 is 33.1 Å². The molecule has 1 aromatic rings. The van der Waals surface area contributed by atoms with E-state index < -0.39 is 0 Å². The molecule has 1 atom stereocenters. The van der Waals surface area contributed by atoms with Gasteiger partial charge in [0, 0.05) is 21.4 Å². The largest absolute Gasteiger partial charge is 0.302 e. The zero-order chi connectivity index (χ0) is 10.7. The molecule has 15 heavy (non-hydrogen) atoms. The topological polar surface area (TPSA) is 35.9 Å². The summed E-state index contributed by atoms with van der Waals surface area (Å²) >= 11 is 4.67. The zero-order valence-electron chi connectivity index (χ0n) is 8.29. The molecule has 4 heteroatoms. The molecule has 1 aromatic carbocycles. The van der Waals surface area contributed by atoms with Crippen molar-refractivity contribution in [2.75, 3.05) is 0 Å². The standard InChI is InChI=1S/C11H13BrN2S/c12-14-11(13)15-10-7-3-5-8-4-1-2-6-9(8)10/h1-2,4,6,10H,3,5,7H2,(H2,13,14). The van der Waals surface area contributed by atoms with Gasteiger partial charge in [-0.05, 0) is 30.4 Å². The van der Waals surface area contributed by atoms with Crippen LogP contribution in [0.25, 0.3) is 0 Å². The predicted octanol–water partition coefficient (Wildman–Crippen LogP) is 3.63. The van der Waals surface area contributed by atoms with Gasteiger partial charge >= 0.3 is 0 Å². The van der Waals surface area contributed by atoms with Gasteiger partial charge in [-0.2, -0.15) is 0 Å². The molecule has 0 bridgehead atoms. The van der Waals surface area contributed by atoms with Crippen molar-refractivity contribution < 1.29 is 0 Å². The minimum Gasteiger partial charge on any atom is -0.302 e. The number of hydrogen-bond acceptors (Lipinski definition) is 2. The Kier molecular flexibility index (Phi) is 3.70. The molecule has 0 heterocycles. The summed E-state index contributed by atoms with van der Waals surface area (Å²) in [7, 11) is 0. The van der Waals surface area contributed by atoms with E-state index in [0.717, 1.165) is 0 Å². The van der Waals surface area contributed by atoms with Gasteiger partial charge in [0.1, 0.15) is 0 Å². The third-order valence-corrected chi connectivity index (χ3v) is 4.43. The molecular weight excluding hydrogens is 272 g/mol. The van der Waals surface area contributed by atoms with Crippen LogP contribution in [0.3, 0.4) is 0 Å². The number of nitrogens with one attached hydrogen (secondary N) is 2. The van der Waals surface area contributed by atoms with E-state index in [0.29, 0.717) is 10.4 Å². The third-order valence-electron chi connectivity index (χ3n) is 2.66. The second-order valence-corrected chi connectivity index (χ2v) is 5.23. The number of hydrogen-bond donors (Lipinski definition) is 2. The zero-order valence-corrected chi connectivity index (χ0v) is 10.7. The highest BCUT2D eigenvalue weighted by atomic mass is 79.9. The molecule has 0 saturated carbocycles. The molecule has 2 N–H and O–H groups in total. The highest BCUT2D eigenvalue weighted by Crippen LogP contribution is 2.39. The Morgan fingerprint density at radius 1 is 1.47 bits per heavy atom. The summed E-state index contributed by atoms with van der Waals surface area (Å²) in [5, 5.41) is 8.54. The van der Waals surface area contributed by atoms with Gasteiger partial charge in [0.2, 0.25) is 0 Å². The quantitative estimate of drug-likeness (QED) is 0.469. The van der Waals surface area contributed by atoms with Crippen LogP contribution < -0.4 is 4.34 Å². The van der Waals surface area contributed by atoms with E-state index in [2.05, 4.69) is 44.8 Å². The van der Waals surface area contributed by atoms with Crippen LogP contribution >= 0.6 is 27.9 Å². The maximum Gasteiger partial charge on any atom is 0.164 e. The van der Waals surface area contributed by atoms with Crippen LogP contribution in [0.4, 0.5) is 0 Å². The molecular formula is C11H13BrN2S. The first-order chi connectivity index (χ1) is 7.31. The molecule has 0 aromatic heterocycles. The van der Waals surface area contributed by atoms with Crippen molar-refractivity contribution in [2.24, 2.45) is 0 Å². The van der Waals surface area contributed by atoms with Gasteiger partial charge in [-0.3, -0.25) is 5.41 Å². The highest BCUT2D eigenvalue weighted by molar-refractivity contribution is 9.08. The van der Waals surface area contributed by atoms with Crippen molar-refractivity contribution in [3.63, 3.8) is 0 Å². The van der Waals surface area contributed by atoms with Gasteiger partial charge in [0.15, 0.2) is 5.17 Å². The summed E-state index contributed by atoms with van der Waals surface area (Å²) < 4.78 is 2.70. The van der Waals surface area contributed by atoms with Crippen molar-refractivity contribution in [2.45, 2.75) is 24.5 Å². The fourth-order valence-corrected chi connectivity index (χ4v) is 3.25. The number of thioether (sulfide) groups is 1. The molecule has 1 unspecified atom stereocenters. The number of amidine groups is 1. The van der Waals surface area contributed by atoms with E-state index in [1.54, 1.807) is 11.8 Å². The fraction of sp³-hybridized carbons (Fsp3) is 0.364. The first kappa shape index (κ1) is 11.0. The Hall–Kier alpha value is -0.480. The van der Waals surface area contributed by atoms with Gasteiger partial charge < -0.3 is 4.34 Å². The van der Waals surface area contributed by atoms with Gasteiger partial charge in [-0.1, -0.05) is 36.0 Å². The van der Waals surface area contributed by atoms with Crippen LogP contribution in [0, 0.1) is 5.41 Å². The van der Waals surface area contributed by atoms with Crippen molar-refractivity contribution in [3.8, 4) is 0 Å². The molecule has 0 spiro atoms. The van der Waals surface area contributed by atoms with Crippen LogP contribution in [-0.2, 0) is 6.42 Å². The molecule has 0 fully saturated rings. The smallest absolute Gasteiger partial charge is 0.164 e. The number of halogens is 1. The Morgan fingerprint density at radius 3 is 3.07 bits per heavy atom. The Labute approximate surface area is 103 Å². The highest BCUT2D eigenvalue weighted by Gasteiger charge is 2.21. The molecule has 0 aliphatic heterocycles. The van der Waals surface area contributed by atoms with Crippen LogP contribution in [-0.4, -0.2) is 5.17 Å². The van der Waals surface area contributed by atoms with Crippen molar-refractivity contribution in [1.82, 2.24) is 4.34 Å². The average Bonchev–Trinajstić information content (AvgIpc) is 2.29. The second kappa shape index (κ2) is 5.03. The Morgan fingerprint density at radius 2 is 2.27 bits per heavy atom. The third kappa shape index (κ3) is 2.55. The minimum atomic E-state index is 0.437. The van der Waals surface area contributed by atoms with Gasteiger partial charge in [-0.15, -0.1) is 0 Å². The lowest BCUT2D eigenvalue weighted by Gasteiger charge is -2.24.